The van der Waals surface area contributed by atoms with Gasteiger partial charge >= 0.3 is 0 Å². The maximum atomic E-state index is 13.1. The van der Waals surface area contributed by atoms with Gasteiger partial charge in [0, 0.05) is 30.3 Å². The van der Waals surface area contributed by atoms with Crippen molar-refractivity contribution in [3.63, 3.8) is 0 Å². The van der Waals surface area contributed by atoms with Gasteiger partial charge in [0.05, 0.1) is 0 Å². The SMILES string of the molecule is CCCCCNC(=O)c1cccc(C(=O)N(Cc2ccccc2)C(C)C)c1. The van der Waals surface area contributed by atoms with E-state index in [4.69, 9.17) is 0 Å². The maximum Gasteiger partial charge on any atom is 0.254 e. The molecule has 0 aliphatic heterocycles. The monoisotopic (exact) mass is 366 g/mol. The third kappa shape index (κ3) is 6.24. The van der Waals surface area contributed by atoms with E-state index in [0.717, 1.165) is 24.8 Å². The van der Waals surface area contributed by atoms with Crippen LogP contribution in [0, 0.1) is 0 Å². The van der Waals surface area contributed by atoms with Gasteiger partial charge in [0.1, 0.15) is 0 Å². The third-order valence-electron chi connectivity index (χ3n) is 4.52. The van der Waals surface area contributed by atoms with Crippen LogP contribution in [0.3, 0.4) is 0 Å². The Balaban J connectivity index is 2.10. The van der Waals surface area contributed by atoms with E-state index >= 15 is 0 Å². The number of hydrogen-bond acceptors (Lipinski definition) is 2. The van der Waals surface area contributed by atoms with Crippen molar-refractivity contribution < 1.29 is 9.59 Å². The first-order chi connectivity index (χ1) is 13.0. The lowest BCUT2D eigenvalue weighted by Gasteiger charge is -2.27. The minimum Gasteiger partial charge on any atom is -0.352 e. The summed E-state index contributed by atoms with van der Waals surface area (Å²) in [4.78, 5) is 27.2. The number of carbonyl (C=O) groups is 2. The molecule has 0 aliphatic rings. The van der Waals surface area contributed by atoms with Crippen molar-refractivity contribution in [2.24, 2.45) is 0 Å². The molecule has 2 aromatic rings. The zero-order valence-electron chi connectivity index (χ0n) is 16.6. The molecule has 2 amide bonds. The van der Waals surface area contributed by atoms with Gasteiger partial charge in [0.25, 0.3) is 11.8 Å². The number of nitrogens with zero attached hydrogens (tertiary/aromatic N) is 1. The Kier molecular flexibility index (Phi) is 8.05. The molecular weight excluding hydrogens is 336 g/mol. The minimum atomic E-state index is -0.125. The Labute approximate surface area is 162 Å². The van der Waals surface area contributed by atoms with Crippen LogP contribution in [0.5, 0.6) is 0 Å². The second-order valence-corrected chi connectivity index (χ2v) is 7.06. The summed E-state index contributed by atoms with van der Waals surface area (Å²) in [7, 11) is 0. The fourth-order valence-electron chi connectivity index (χ4n) is 2.91. The van der Waals surface area contributed by atoms with Gasteiger partial charge in [-0.2, -0.15) is 0 Å². The summed E-state index contributed by atoms with van der Waals surface area (Å²) < 4.78 is 0. The van der Waals surface area contributed by atoms with Crippen molar-refractivity contribution in [3.05, 3.63) is 71.3 Å². The predicted molar refractivity (Wildman–Crippen MR) is 110 cm³/mol. The van der Waals surface area contributed by atoms with Gasteiger partial charge in [0.15, 0.2) is 0 Å². The first-order valence-electron chi connectivity index (χ1n) is 9.76. The van der Waals surface area contributed by atoms with Crippen LogP contribution in [-0.4, -0.2) is 29.3 Å². The fraction of sp³-hybridized carbons (Fsp3) is 0.391. The van der Waals surface area contributed by atoms with Crippen LogP contribution in [0.4, 0.5) is 0 Å². The topological polar surface area (TPSA) is 49.4 Å². The molecule has 4 nitrogen and oxygen atoms in total. The Bertz CT molecular complexity index is 741. The number of benzene rings is 2. The zero-order valence-corrected chi connectivity index (χ0v) is 16.6. The summed E-state index contributed by atoms with van der Waals surface area (Å²) in [5.41, 5.74) is 2.16. The number of nitrogens with one attached hydrogen (secondary N) is 1. The summed E-state index contributed by atoms with van der Waals surface area (Å²) >= 11 is 0. The summed E-state index contributed by atoms with van der Waals surface area (Å²) in [6.07, 6.45) is 3.19. The summed E-state index contributed by atoms with van der Waals surface area (Å²) in [5, 5.41) is 2.93. The molecular formula is C23H30N2O2. The average Bonchev–Trinajstić information content (AvgIpc) is 2.69. The smallest absolute Gasteiger partial charge is 0.254 e. The fourth-order valence-corrected chi connectivity index (χ4v) is 2.91. The van der Waals surface area contributed by atoms with E-state index in [0.29, 0.717) is 24.2 Å². The molecule has 0 fully saturated rings. The number of carbonyl (C=O) groups excluding carboxylic acids is 2. The number of rotatable bonds is 9. The molecule has 0 radical (unpaired) electrons. The Morgan fingerprint density at radius 2 is 1.67 bits per heavy atom. The lowest BCUT2D eigenvalue weighted by molar-refractivity contribution is 0.0690. The molecule has 0 unspecified atom stereocenters. The lowest BCUT2D eigenvalue weighted by Crippen LogP contribution is -2.36. The van der Waals surface area contributed by atoms with Crippen molar-refractivity contribution in [1.29, 1.82) is 0 Å². The second-order valence-electron chi connectivity index (χ2n) is 7.06. The predicted octanol–water partition coefficient (Wildman–Crippen LogP) is 4.66. The van der Waals surface area contributed by atoms with E-state index in [9.17, 15) is 9.59 Å². The Hall–Kier alpha value is -2.62. The average molecular weight is 367 g/mol. The molecule has 0 aromatic heterocycles. The minimum absolute atomic E-state index is 0.0595. The molecule has 0 atom stereocenters. The highest BCUT2D eigenvalue weighted by atomic mass is 16.2. The summed E-state index contributed by atoms with van der Waals surface area (Å²) in [5.74, 6) is -0.186. The van der Waals surface area contributed by atoms with E-state index in [1.807, 2.05) is 49.1 Å². The van der Waals surface area contributed by atoms with Crippen LogP contribution < -0.4 is 5.32 Å². The van der Waals surface area contributed by atoms with E-state index in [-0.39, 0.29) is 17.9 Å². The van der Waals surface area contributed by atoms with Crippen molar-refractivity contribution in [1.82, 2.24) is 10.2 Å². The second kappa shape index (κ2) is 10.5. The summed E-state index contributed by atoms with van der Waals surface area (Å²) in [6, 6.07) is 17.0. The first kappa shape index (κ1) is 20.7. The highest BCUT2D eigenvalue weighted by Gasteiger charge is 2.20. The van der Waals surface area contributed by atoms with E-state index in [2.05, 4.69) is 12.2 Å². The first-order valence-corrected chi connectivity index (χ1v) is 9.76. The van der Waals surface area contributed by atoms with Crippen LogP contribution in [-0.2, 0) is 6.54 Å². The van der Waals surface area contributed by atoms with Gasteiger partial charge in [-0.25, -0.2) is 0 Å². The molecule has 2 aromatic carbocycles. The lowest BCUT2D eigenvalue weighted by atomic mass is 10.1. The molecule has 0 heterocycles. The van der Waals surface area contributed by atoms with Crippen molar-refractivity contribution in [2.45, 2.75) is 52.6 Å². The Morgan fingerprint density at radius 1 is 0.963 bits per heavy atom. The largest absolute Gasteiger partial charge is 0.352 e. The van der Waals surface area contributed by atoms with E-state index < -0.39 is 0 Å². The van der Waals surface area contributed by atoms with Gasteiger partial charge < -0.3 is 10.2 Å². The number of unbranched alkanes of at least 4 members (excludes halogenated alkanes) is 2. The third-order valence-corrected chi connectivity index (χ3v) is 4.52. The van der Waals surface area contributed by atoms with Crippen LogP contribution in [0.1, 0.15) is 66.3 Å². The summed E-state index contributed by atoms with van der Waals surface area (Å²) in [6.45, 7) is 7.35. The molecule has 0 spiro atoms. The van der Waals surface area contributed by atoms with Gasteiger partial charge in [-0.3, -0.25) is 9.59 Å². The highest BCUT2D eigenvalue weighted by molar-refractivity contribution is 5.99. The van der Waals surface area contributed by atoms with Crippen LogP contribution >= 0.6 is 0 Å². The Morgan fingerprint density at radius 3 is 2.33 bits per heavy atom. The van der Waals surface area contributed by atoms with Gasteiger partial charge in [-0.05, 0) is 44.0 Å². The van der Waals surface area contributed by atoms with Crippen molar-refractivity contribution in [2.75, 3.05) is 6.54 Å². The molecule has 2 rings (SSSR count). The normalized spacial score (nSPS) is 10.7. The standard InChI is InChI=1S/C23H30N2O2/c1-4-5-9-15-24-22(26)20-13-10-14-21(16-20)23(27)25(18(2)3)17-19-11-7-6-8-12-19/h6-8,10-14,16,18H,4-5,9,15,17H2,1-3H3,(H,24,26). The van der Waals surface area contributed by atoms with Crippen molar-refractivity contribution in [3.8, 4) is 0 Å². The molecule has 0 bridgehead atoms. The molecule has 0 saturated carbocycles. The molecule has 144 valence electrons. The quantitative estimate of drug-likeness (QED) is 0.656. The van der Waals surface area contributed by atoms with Gasteiger partial charge in [0.2, 0.25) is 0 Å². The molecule has 0 saturated heterocycles. The molecule has 27 heavy (non-hydrogen) atoms. The van der Waals surface area contributed by atoms with Gasteiger partial charge in [-0.15, -0.1) is 0 Å². The number of hydrogen-bond donors (Lipinski definition) is 1. The van der Waals surface area contributed by atoms with E-state index in [1.165, 1.54) is 0 Å². The highest BCUT2D eigenvalue weighted by Crippen LogP contribution is 2.15. The molecule has 4 heteroatoms. The number of amides is 2. The van der Waals surface area contributed by atoms with Crippen LogP contribution in [0.15, 0.2) is 54.6 Å². The molecule has 1 N–H and O–H groups in total. The van der Waals surface area contributed by atoms with E-state index in [1.54, 1.807) is 24.3 Å². The van der Waals surface area contributed by atoms with Crippen LogP contribution in [0.25, 0.3) is 0 Å². The van der Waals surface area contributed by atoms with Crippen molar-refractivity contribution >= 4 is 11.8 Å². The van der Waals surface area contributed by atoms with Crippen LogP contribution in [0.2, 0.25) is 0 Å². The van der Waals surface area contributed by atoms with Gasteiger partial charge in [-0.1, -0.05) is 56.2 Å². The zero-order chi connectivity index (χ0) is 19.6. The molecule has 0 aliphatic carbocycles. The maximum absolute atomic E-state index is 13.1.